The molecule has 0 unspecified atom stereocenters. The predicted molar refractivity (Wildman–Crippen MR) is 20.7 cm³/mol. The quantitative estimate of drug-likeness (QED) is 0.438. The predicted octanol–water partition coefficient (Wildman–Crippen LogP) is 0.482. The second-order valence-electron chi connectivity index (χ2n) is 0.821. The Hall–Kier alpha value is -1.03. The summed E-state index contributed by atoms with van der Waals surface area (Å²) >= 11 is 0. The molecule has 1 heteroatoms. The van der Waals surface area contributed by atoms with E-state index in [2.05, 4.69) is 23.2 Å². The van der Waals surface area contributed by atoms with E-state index in [1.54, 1.807) is 0 Å². The third-order valence-corrected chi connectivity index (χ3v) is 0.423. The van der Waals surface area contributed by atoms with Crippen molar-refractivity contribution in [2.75, 3.05) is 0 Å². The Morgan fingerprint density at radius 2 is 2.33 bits per heavy atom. The van der Waals surface area contributed by atoms with Crippen LogP contribution in [0, 0.1) is 18.2 Å². The number of rotatable bonds is 0. The molecule has 0 saturated heterocycles. The minimum absolute atomic E-state index is 1.54. The Morgan fingerprint density at radius 3 is 2.50 bits per heavy atom. The van der Waals surface area contributed by atoms with Gasteiger partial charge in [-0.15, -0.1) is 0 Å². The fraction of sp³-hybridized carbons (Fsp3) is 0. The van der Waals surface area contributed by atoms with E-state index in [4.69, 9.17) is 0 Å². The van der Waals surface area contributed by atoms with Crippen LogP contribution in [0.15, 0.2) is 12.4 Å². The zero-order valence-corrected chi connectivity index (χ0v) is 3.10. The number of aromatic nitrogens is 1. The summed E-state index contributed by atoms with van der Waals surface area (Å²) in [6, 6.07) is 7.78. The molecule has 1 aromatic rings. The van der Waals surface area contributed by atoms with E-state index in [-0.39, 0.29) is 0 Å². The van der Waals surface area contributed by atoms with E-state index in [1.807, 2.05) is 0 Å². The lowest BCUT2D eigenvalue weighted by atomic mass is 10.6. The average molecular weight is 76.1 g/mol. The zero-order valence-electron chi connectivity index (χ0n) is 3.10. The second kappa shape index (κ2) is 1.42. The molecule has 0 fully saturated rings. The fourth-order valence-corrected chi connectivity index (χ4v) is 0.218. The summed E-state index contributed by atoms with van der Waals surface area (Å²) in [6.45, 7) is 0. The maximum absolute atomic E-state index is 3.64. The van der Waals surface area contributed by atoms with Gasteiger partial charge in [-0.25, -0.2) is 0 Å². The SMILES string of the molecule is c1[c]cncc#1. The van der Waals surface area contributed by atoms with Crippen LogP contribution in [0.2, 0.25) is 0 Å². The topological polar surface area (TPSA) is 12.9 Å². The largest absolute Gasteiger partial charge is 0.254 e. The van der Waals surface area contributed by atoms with E-state index < -0.39 is 0 Å². The van der Waals surface area contributed by atoms with Gasteiger partial charge in [0.05, 0.1) is 12.3 Å². The van der Waals surface area contributed by atoms with Gasteiger partial charge in [0.25, 0.3) is 0 Å². The van der Waals surface area contributed by atoms with E-state index in [0.29, 0.717) is 0 Å². The van der Waals surface area contributed by atoms with Crippen molar-refractivity contribution in [3.05, 3.63) is 30.6 Å². The Bertz CT molecular complexity index is 75.9. The van der Waals surface area contributed by atoms with E-state index in [9.17, 15) is 0 Å². The van der Waals surface area contributed by atoms with Gasteiger partial charge < -0.3 is 0 Å². The van der Waals surface area contributed by atoms with Gasteiger partial charge in [0, 0.05) is 6.20 Å². The molecule has 0 N–H and O–H groups in total. The highest BCUT2D eigenvalue weighted by Crippen LogP contribution is 1.61. The van der Waals surface area contributed by atoms with Gasteiger partial charge >= 0.3 is 0 Å². The Labute approximate surface area is 36.7 Å². The standard InChI is InChI=1S/C5H2N/c1-2-4-6-5-3-1/h4-5H. The monoisotopic (exact) mass is 76.0 g/mol. The van der Waals surface area contributed by atoms with Crippen molar-refractivity contribution in [3.8, 4) is 0 Å². The number of nitrogens with zero attached hydrogens (tertiary/aromatic N) is 1. The summed E-state index contributed by atoms with van der Waals surface area (Å²) < 4.78 is 0. The molecule has 0 bridgehead atoms. The minimum atomic E-state index is 1.54. The maximum Gasteiger partial charge on any atom is 0.0770 e. The molecule has 1 aromatic heterocycles. The van der Waals surface area contributed by atoms with Gasteiger partial charge in [0.15, 0.2) is 0 Å². The van der Waals surface area contributed by atoms with Crippen molar-refractivity contribution in [3.63, 3.8) is 0 Å². The van der Waals surface area contributed by atoms with Gasteiger partial charge in [0.1, 0.15) is 0 Å². The number of hydrogen-bond acceptors (Lipinski definition) is 1. The lowest BCUT2D eigenvalue weighted by molar-refractivity contribution is 1.34. The molecule has 0 aliphatic rings. The second-order valence-corrected chi connectivity index (χ2v) is 0.821. The molecule has 1 radical (unpaired) electrons. The van der Waals surface area contributed by atoms with Crippen LogP contribution in [0.1, 0.15) is 0 Å². The van der Waals surface area contributed by atoms with Crippen LogP contribution in [-0.2, 0) is 0 Å². The summed E-state index contributed by atoms with van der Waals surface area (Å²) in [6.07, 6.45) is 3.08. The molecular formula is C5H2N. The molecule has 0 aliphatic heterocycles. The van der Waals surface area contributed by atoms with Crippen LogP contribution in [0.4, 0.5) is 0 Å². The summed E-state index contributed by atoms with van der Waals surface area (Å²) in [5.41, 5.74) is 0. The first-order valence-electron chi connectivity index (χ1n) is 1.59. The van der Waals surface area contributed by atoms with Crippen molar-refractivity contribution >= 4 is 0 Å². The van der Waals surface area contributed by atoms with E-state index >= 15 is 0 Å². The van der Waals surface area contributed by atoms with Gasteiger partial charge in [-0.3, -0.25) is 4.98 Å². The van der Waals surface area contributed by atoms with Gasteiger partial charge in [0.2, 0.25) is 0 Å². The molecule has 27 valence electrons. The first kappa shape index (κ1) is 3.17. The zero-order chi connectivity index (χ0) is 4.24. The fourth-order valence-electron chi connectivity index (χ4n) is 0.218. The molecule has 6 heavy (non-hydrogen) atoms. The Balaban J connectivity index is 3.00. The van der Waals surface area contributed by atoms with Crippen molar-refractivity contribution < 1.29 is 0 Å². The normalized spacial score (nSPS) is 6.67. The molecule has 1 nitrogen and oxygen atoms in total. The van der Waals surface area contributed by atoms with Crippen LogP contribution < -0.4 is 0 Å². The lowest BCUT2D eigenvalue weighted by Crippen LogP contribution is -1.56. The highest BCUT2D eigenvalue weighted by atomic mass is 14.6. The summed E-state index contributed by atoms with van der Waals surface area (Å²) in [5.74, 6) is 0. The van der Waals surface area contributed by atoms with Crippen LogP contribution in [0.5, 0.6) is 0 Å². The first-order valence-corrected chi connectivity index (χ1v) is 1.59. The summed E-state index contributed by atoms with van der Waals surface area (Å²) in [4.78, 5) is 3.64. The minimum Gasteiger partial charge on any atom is -0.254 e. The van der Waals surface area contributed by atoms with Crippen LogP contribution >= 0.6 is 0 Å². The van der Waals surface area contributed by atoms with Crippen molar-refractivity contribution in [2.24, 2.45) is 0 Å². The van der Waals surface area contributed by atoms with Gasteiger partial charge in [-0.1, -0.05) is 6.07 Å². The molecule has 0 atom stereocenters. The highest BCUT2D eigenvalue weighted by molar-refractivity contribution is 4.72. The lowest BCUT2D eigenvalue weighted by Gasteiger charge is -1.60. The number of hydrogen-bond donors (Lipinski definition) is 0. The molecule has 0 aromatic carbocycles. The smallest absolute Gasteiger partial charge is 0.0770 e. The Kier molecular flexibility index (Phi) is 0.749. The van der Waals surface area contributed by atoms with Crippen molar-refractivity contribution in [1.29, 1.82) is 0 Å². The molecule has 0 amide bonds. The third-order valence-electron chi connectivity index (χ3n) is 0.423. The maximum atomic E-state index is 3.64. The van der Waals surface area contributed by atoms with Crippen LogP contribution in [0.25, 0.3) is 0 Å². The summed E-state index contributed by atoms with van der Waals surface area (Å²) in [7, 11) is 0. The average Bonchev–Trinajstić information content (AvgIpc) is 1.72. The Morgan fingerprint density at radius 1 is 1.33 bits per heavy atom. The van der Waals surface area contributed by atoms with E-state index in [1.165, 1.54) is 12.4 Å². The van der Waals surface area contributed by atoms with Crippen LogP contribution in [0.3, 0.4) is 0 Å². The molecule has 0 aliphatic carbocycles. The molecule has 0 spiro atoms. The first-order chi connectivity index (χ1) is 3.00. The molecular weight excluding hydrogens is 74.1 g/mol. The van der Waals surface area contributed by atoms with Gasteiger partial charge in [-0.2, -0.15) is 0 Å². The molecule has 0 saturated carbocycles. The summed E-state index contributed by atoms with van der Waals surface area (Å²) in [5, 5.41) is 0. The third kappa shape index (κ3) is 0.467. The van der Waals surface area contributed by atoms with Gasteiger partial charge in [-0.05, 0) is 6.07 Å². The molecule has 1 rings (SSSR count). The van der Waals surface area contributed by atoms with Crippen molar-refractivity contribution in [2.45, 2.75) is 0 Å². The molecule has 1 heterocycles. The highest BCUT2D eigenvalue weighted by Gasteiger charge is 1.54. The van der Waals surface area contributed by atoms with Crippen molar-refractivity contribution in [1.82, 2.24) is 4.98 Å². The van der Waals surface area contributed by atoms with Crippen LogP contribution in [-0.4, -0.2) is 4.98 Å². The van der Waals surface area contributed by atoms with E-state index in [0.717, 1.165) is 0 Å².